The number of rotatable bonds is 8. The minimum Gasteiger partial charge on any atom is -0.313 e. The van der Waals surface area contributed by atoms with Crippen molar-refractivity contribution in [3.05, 3.63) is 28.2 Å². The number of benzene rings is 1. The third-order valence-corrected chi connectivity index (χ3v) is 5.29. The van der Waals surface area contributed by atoms with Crippen molar-refractivity contribution in [3.8, 4) is 0 Å². The van der Waals surface area contributed by atoms with Gasteiger partial charge in [-0.1, -0.05) is 22.9 Å². The zero-order chi connectivity index (χ0) is 14.3. The van der Waals surface area contributed by atoms with E-state index in [-0.39, 0.29) is 5.75 Å². The van der Waals surface area contributed by atoms with E-state index in [1.807, 2.05) is 12.1 Å². The highest BCUT2D eigenvalue weighted by Gasteiger charge is 2.07. The number of sulfone groups is 1. The zero-order valence-corrected chi connectivity index (χ0v) is 14.5. The molecule has 0 amide bonds. The molecule has 0 heterocycles. The van der Waals surface area contributed by atoms with Crippen molar-refractivity contribution in [2.75, 3.05) is 24.3 Å². The van der Waals surface area contributed by atoms with Gasteiger partial charge < -0.3 is 5.32 Å². The van der Waals surface area contributed by atoms with Gasteiger partial charge in [-0.2, -0.15) is 0 Å². The molecule has 0 saturated carbocycles. The van der Waals surface area contributed by atoms with E-state index in [1.54, 1.807) is 11.8 Å². The normalized spacial score (nSPS) is 11.7. The van der Waals surface area contributed by atoms with E-state index in [2.05, 4.69) is 34.2 Å². The first kappa shape index (κ1) is 17.0. The summed E-state index contributed by atoms with van der Waals surface area (Å²) >= 11 is 5.07. The van der Waals surface area contributed by atoms with Crippen molar-refractivity contribution in [2.45, 2.75) is 24.8 Å². The van der Waals surface area contributed by atoms with Gasteiger partial charge in [0.2, 0.25) is 0 Å². The quantitative estimate of drug-likeness (QED) is 0.567. The Balaban J connectivity index is 2.65. The maximum Gasteiger partial charge on any atom is 0.148 e. The minimum absolute atomic E-state index is 0.218. The molecule has 1 rings (SSSR count). The molecule has 0 unspecified atom stereocenters. The van der Waals surface area contributed by atoms with E-state index in [1.165, 1.54) is 11.8 Å². The lowest BCUT2D eigenvalue weighted by Crippen LogP contribution is -2.14. The second-order valence-corrected chi connectivity index (χ2v) is 8.72. The SMILES string of the molecule is CCCNCc1cc(Br)ccc1SCCS(C)(=O)=O. The Morgan fingerprint density at radius 1 is 1.37 bits per heavy atom. The third-order valence-electron chi connectivity index (χ3n) is 2.48. The molecule has 1 N–H and O–H groups in total. The maximum atomic E-state index is 11.1. The smallest absolute Gasteiger partial charge is 0.148 e. The Kier molecular flexibility index (Phi) is 7.42. The summed E-state index contributed by atoms with van der Waals surface area (Å²) in [7, 11) is -2.88. The molecular formula is C13H20BrNO2S2. The monoisotopic (exact) mass is 365 g/mol. The van der Waals surface area contributed by atoms with Gasteiger partial charge in [0, 0.05) is 27.9 Å². The van der Waals surface area contributed by atoms with Crippen LogP contribution in [0.25, 0.3) is 0 Å². The van der Waals surface area contributed by atoms with E-state index in [4.69, 9.17) is 0 Å². The molecule has 0 aliphatic carbocycles. The molecule has 0 radical (unpaired) electrons. The van der Waals surface area contributed by atoms with Gasteiger partial charge >= 0.3 is 0 Å². The van der Waals surface area contributed by atoms with Crippen molar-refractivity contribution in [1.82, 2.24) is 5.32 Å². The number of nitrogens with one attached hydrogen (secondary N) is 1. The average Bonchev–Trinajstić information content (AvgIpc) is 2.30. The summed E-state index contributed by atoms with van der Waals surface area (Å²) in [5.74, 6) is 0.816. The molecular weight excluding hydrogens is 346 g/mol. The molecule has 108 valence electrons. The van der Waals surface area contributed by atoms with Gasteiger partial charge in [-0.05, 0) is 36.7 Å². The van der Waals surface area contributed by atoms with Crippen LogP contribution in [0.5, 0.6) is 0 Å². The Morgan fingerprint density at radius 3 is 2.74 bits per heavy atom. The van der Waals surface area contributed by atoms with Gasteiger partial charge in [0.05, 0.1) is 5.75 Å². The lowest BCUT2D eigenvalue weighted by Gasteiger charge is -2.10. The third kappa shape index (κ3) is 7.34. The second kappa shape index (κ2) is 8.29. The fraction of sp³-hybridized carbons (Fsp3) is 0.538. The molecule has 0 fully saturated rings. The van der Waals surface area contributed by atoms with Gasteiger partial charge in [0.15, 0.2) is 0 Å². The summed E-state index contributed by atoms with van der Waals surface area (Å²) in [6, 6.07) is 6.12. The molecule has 0 saturated heterocycles. The van der Waals surface area contributed by atoms with E-state index in [0.717, 1.165) is 28.9 Å². The first-order chi connectivity index (χ1) is 8.92. The molecule has 0 aliphatic heterocycles. The number of hydrogen-bond donors (Lipinski definition) is 1. The molecule has 0 spiro atoms. The summed E-state index contributed by atoms with van der Waals surface area (Å²) in [5.41, 5.74) is 1.21. The molecule has 3 nitrogen and oxygen atoms in total. The zero-order valence-electron chi connectivity index (χ0n) is 11.3. The maximum absolute atomic E-state index is 11.1. The topological polar surface area (TPSA) is 46.2 Å². The van der Waals surface area contributed by atoms with Gasteiger partial charge in [-0.25, -0.2) is 8.42 Å². The fourth-order valence-corrected chi connectivity index (χ4v) is 4.18. The van der Waals surface area contributed by atoms with Gasteiger partial charge in [0.1, 0.15) is 9.84 Å². The lowest BCUT2D eigenvalue weighted by molar-refractivity contribution is 0.603. The Morgan fingerprint density at radius 2 is 2.11 bits per heavy atom. The second-order valence-electron chi connectivity index (χ2n) is 4.41. The first-order valence-corrected chi connectivity index (χ1v) is 10.1. The first-order valence-electron chi connectivity index (χ1n) is 6.22. The Hall–Kier alpha value is -0.0400. The van der Waals surface area contributed by atoms with Crippen molar-refractivity contribution < 1.29 is 8.42 Å². The largest absolute Gasteiger partial charge is 0.313 e. The average molecular weight is 366 g/mol. The number of thioether (sulfide) groups is 1. The standard InChI is InChI=1S/C13H20BrNO2S2/c1-3-6-15-10-11-9-12(14)4-5-13(11)18-7-8-19(2,16)17/h4-5,9,15H,3,6-8,10H2,1-2H3. The summed E-state index contributed by atoms with van der Waals surface area (Å²) < 4.78 is 23.3. The van der Waals surface area contributed by atoms with Crippen LogP contribution in [0.1, 0.15) is 18.9 Å². The highest BCUT2D eigenvalue weighted by molar-refractivity contribution is 9.10. The molecule has 0 atom stereocenters. The van der Waals surface area contributed by atoms with Crippen molar-refractivity contribution in [3.63, 3.8) is 0 Å². The van der Waals surface area contributed by atoms with Crippen LogP contribution in [0, 0.1) is 0 Å². The van der Waals surface area contributed by atoms with Crippen LogP contribution in [0.4, 0.5) is 0 Å². The van der Waals surface area contributed by atoms with Crippen LogP contribution >= 0.6 is 27.7 Å². The minimum atomic E-state index is -2.88. The van der Waals surface area contributed by atoms with Crippen LogP contribution < -0.4 is 5.32 Å². The van der Waals surface area contributed by atoms with Crippen molar-refractivity contribution >= 4 is 37.5 Å². The van der Waals surface area contributed by atoms with Gasteiger partial charge in [-0.3, -0.25) is 0 Å². The molecule has 1 aromatic rings. The Bertz CT molecular complexity index is 503. The predicted molar refractivity (Wildman–Crippen MR) is 86.6 cm³/mol. The van der Waals surface area contributed by atoms with Gasteiger partial charge in [0.25, 0.3) is 0 Å². The lowest BCUT2D eigenvalue weighted by atomic mass is 10.2. The summed E-state index contributed by atoms with van der Waals surface area (Å²) in [6.07, 6.45) is 2.38. The summed E-state index contributed by atoms with van der Waals surface area (Å²) in [4.78, 5) is 1.15. The van der Waals surface area contributed by atoms with Crippen LogP contribution in [0.3, 0.4) is 0 Å². The molecule has 0 aliphatic rings. The molecule has 19 heavy (non-hydrogen) atoms. The number of halogens is 1. The fourth-order valence-electron chi connectivity index (χ4n) is 1.53. The van der Waals surface area contributed by atoms with Crippen LogP contribution in [0.2, 0.25) is 0 Å². The molecule has 6 heteroatoms. The predicted octanol–water partition coefficient (Wildman–Crippen LogP) is 3.09. The van der Waals surface area contributed by atoms with E-state index < -0.39 is 9.84 Å². The van der Waals surface area contributed by atoms with E-state index in [0.29, 0.717) is 5.75 Å². The Labute approximate surface area is 128 Å². The highest BCUT2D eigenvalue weighted by Crippen LogP contribution is 2.26. The molecule has 0 aromatic heterocycles. The summed E-state index contributed by atoms with van der Waals surface area (Å²) in [6.45, 7) is 3.93. The summed E-state index contributed by atoms with van der Waals surface area (Å²) in [5, 5.41) is 3.37. The van der Waals surface area contributed by atoms with Gasteiger partial charge in [-0.15, -0.1) is 11.8 Å². The van der Waals surface area contributed by atoms with Crippen molar-refractivity contribution in [2.24, 2.45) is 0 Å². The molecule has 1 aromatic carbocycles. The van der Waals surface area contributed by atoms with Crippen molar-refractivity contribution in [1.29, 1.82) is 0 Å². The van der Waals surface area contributed by atoms with Crippen LogP contribution in [0.15, 0.2) is 27.6 Å². The number of hydrogen-bond acceptors (Lipinski definition) is 4. The van der Waals surface area contributed by atoms with E-state index >= 15 is 0 Å². The van der Waals surface area contributed by atoms with Crippen LogP contribution in [-0.4, -0.2) is 32.7 Å². The van der Waals surface area contributed by atoms with E-state index in [9.17, 15) is 8.42 Å². The highest BCUT2D eigenvalue weighted by atomic mass is 79.9. The van der Waals surface area contributed by atoms with Crippen LogP contribution in [-0.2, 0) is 16.4 Å². The molecule has 0 bridgehead atoms.